The van der Waals surface area contributed by atoms with Crippen molar-refractivity contribution in [2.24, 2.45) is 5.73 Å². The number of nitrogens with zero attached hydrogens (tertiary/aromatic N) is 2. The predicted molar refractivity (Wildman–Crippen MR) is 117 cm³/mol. The molecule has 1 aromatic heterocycles. The molecule has 1 aliphatic rings. The Hall–Kier alpha value is -3.91. The zero-order valence-corrected chi connectivity index (χ0v) is 16.8. The number of hydrogen-bond acceptors (Lipinski definition) is 6. The number of nitrogens with two attached hydrogens (primary N) is 1. The van der Waals surface area contributed by atoms with Gasteiger partial charge in [0.2, 0.25) is 5.91 Å². The fourth-order valence-electron chi connectivity index (χ4n) is 3.14. The Labute approximate surface area is 179 Å². The standard InChI is InChI=1S/C23H22N4O4/c24-22(28)16-1-6-19(7-2-16)31-20-8-3-17(4-9-20)23(29)26-18-5-10-21(25-15-18)27-11-13-30-14-12-27/h1-10,15H,11-14H2,(H2,24,28)(H,26,29). The minimum absolute atomic E-state index is 0.238. The van der Waals surface area contributed by atoms with Crippen molar-refractivity contribution in [2.45, 2.75) is 0 Å². The van der Waals surface area contributed by atoms with E-state index in [1.54, 1.807) is 54.7 Å². The van der Waals surface area contributed by atoms with Crippen LogP contribution in [0.1, 0.15) is 20.7 Å². The van der Waals surface area contributed by atoms with Crippen LogP contribution in [0.5, 0.6) is 11.5 Å². The summed E-state index contributed by atoms with van der Waals surface area (Å²) in [6.45, 7) is 3.00. The summed E-state index contributed by atoms with van der Waals surface area (Å²) in [6, 6.07) is 17.0. The van der Waals surface area contributed by atoms with Crippen molar-refractivity contribution in [3.63, 3.8) is 0 Å². The van der Waals surface area contributed by atoms with Gasteiger partial charge in [-0.2, -0.15) is 0 Å². The minimum Gasteiger partial charge on any atom is -0.457 e. The summed E-state index contributed by atoms with van der Waals surface area (Å²) in [5, 5.41) is 2.85. The molecule has 8 heteroatoms. The zero-order valence-electron chi connectivity index (χ0n) is 16.8. The van der Waals surface area contributed by atoms with E-state index in [0.29, 0.717) is 41.5 Å². The Bertz CT molecular complexity index is 1040. The quantitative estimate of drug-likeness (QED) is 0.637. The molecule has 8 nitrogen and oxygen atoms in total. The number of nitrogens with one attached hydrogen (secondary N) is 1. The number of rotatable bonds is 6. The van der Waals surface area contributed by atoms with Gasteiger partial charge in [-0.15, -0.1) is 0 Å². The number of hydrogen-bond donors (Lipinski definition) is 2. The van der Waals surface area contributed by atoms with Gasteiger partial charge in [0, 0.05) is 24.2 Å². The summed E-state index contributed by atoms with van der Waals surface area (Å²) in [4.78, 5) is 30.2. The lowest BCUT2D eigenvalue weighted by atomic mass is 10.2. The van der Waals surface area contributed by atoms with Crippen molar-refractivity contribution in [1.82, 2.24) is 4.98 Å². The van der Waals surface area contributed by atoms with Crippen LogP contribution < -0.4 is 20.7 Å². The third-order valence-electron chi connectivity index (χ3n) is 4.83. The average molecular weight is 418 g/mol. The number of amides is 2. The van der Waals surface area contributed by atoms with Gasteiger partial charge < -0.3 is 25.4 Å². The second-order valence-electron chi connectivity index (χ2n) is 6.97. The third kappa shape index (κ3) is 5.18. The second kappa shape index (κ2) is 9.27. The zero-order chi connectivity index (χ0) is 21.6. The van der Waals surface area contributed by atoms with E-state index >= 15 is 0 Å². The van der Waals surface area contributed by atoms with Crippen LogP contribution in [0.4, 0.5) is 11.5 Å². The van der Waals surface area contributed by atoms with Crippen LogP contribution in [0.25, 0.3) is 0 Å². The molecule has 0 bridgehead atoms. The van der Waals surface area contributed by atoms with E-state index in [9.17, 15) is 9.59 Å². The van der Waals surface area contributed by atoms with Crippen molar-refractivity contribution in [1.29, 1.82) is 0 Å². The molecule has 0 atom stereocenters. The van der Waals surface area contributed by atoms with Crippen molar-refractivity contribution in [3.8, 4) is 11.5 Å². The van der Waals surface area contributed by atoms with Crippen molar-refractivity contribution in [2.75, 3.05) is 36.5 Å². The van der Waals surface area contributed by atoms with Crippen LogP contribution in [-0.4, -0.2) is 43.1 Å². The van der Waals surface area contributed by atoms with E-state index in [4.69, 9.17) is 15.2 Å². The normalized spacial score (nSPS) is 13.5. The van der Waals surface area contributed by atoms with Crippen molar-refractivity contribution in [3.05, 3.63) is 78.0 Å². The third-order valence-corrected chi connectivity index (χ3v) is 4.83. The summed E-state index contributed by atoms with van der Waals surface area (Å²) in [6.07, 6.45) is 1.65. The molecule has 1 fully saturated rings. The molecule has 0 spiro atoms. The highest BCUT2D eigenvalue weighted by Crippen LogP contribution is 2.23. The first kappa shape index (κ1) is 20.4. The summed E-state index contributed by atoms with van der Waals surface area (Å²) < 4.78 is 11.1. The number of carbonyl (C=O) groups excluding carboxylic acids is 2. The van der Waals surface area contributed by atoms with E-state index < -0.39 is 5.91 Å². The highest BCUT2D eigenvalue weighted by Gasteiger charge is 2.13. The maximum Gasteiger partial charge on any atom is 0.255 e. The number of ether oxygens (including phenoxy) is 2. The predicted octanol–water partition coefficient (Wildman–Crippen LogP) is 3.06. The number of carbonyl (C=O) groups is 2. The first-order valence-electron chi connectivity index (χ1n) is 9.86. The lowest BCUT2D eigenvalue weighted by Crippen LogP contribution is -2.36. The van der Waals surface area contributed by atoms with Gasteiger partial charge in [0.05, 0.1) is 25.1 Å². The van der Waals surface area contributed by atoms with E-state index in [0.717, 1.165) is 18.9 Å². The first-order chi connectivity index (χ1) is 15.1. The molecule has 0 unspecified atom stereocenters. The van der Waals surface area contributed by atoms with E-state index in [-0.39, 0.29) is 5.91 Å². The molecule has 0 saturated carbocycles. The number of pyridine rings is 1. The van der Waals surface area contributed by atoms with Gasteiger partial charge in [-0.1, -0.05) is 0 Å². The Kier molecular flexibility index (Phi) is 6.09. The Morgan fingerprint density at radius 2 is 1.52 bits per heavy atom. The molecular formula is C23H22N4O4. The van der Waals surface area contributed by atoms with E-state index in [1.807, 2.05) is 12.1 Å². The number of benzene rings is 2. The van der Waals surface area contributed by atoms with E-state index in [1.165, 1.54) is 0 Å². The largest absolute Gasteiger partial charge is 0.457 e. The molecular weight excluding hydrogens is 396 g/mol. The Morgan fingerprint density at radius 3 is 2.06 bits per heavy atom. The molecule has 1 aliphatic heterocycles. The van der Waals surface area contributed by atoms with Gasteiger partial charge in [-0.25, -0.2) is 4.98 Å². The molecule has 2 heterocycles. The second-order valence-corrected chi connectivity index (χ2v) is 6.97. The highest BCUT2D eigenvalue weighted by molar-refractivity contribution is 6.04. The molecule has 3 N–H and O–H groups in total. The van der Waals surface area contributed by atoms with Gasteiger partial charge in [0.25, 0.3) is 5.91 Å². The van der Waals surface area contributed by atoms with Crippen LogP contribution in [0, 0.1) is 0 Å². The smallest absolute Gasteiger partial charge is 0.255 e. The molecule has 31 heavy (non-hydrogen) atoms. The SMILES string of the molecule is NC(=O)c1ccc(Oc2ccc(C(=O)Nc3ccc(N4CCOCC4)nc3)cc2)cc1. The van der Waals surface area contributed by atoms with Gasteiger partial charge in [-0.05, 0) is 60.7 Å². The number of anilines is 2. The number of aromatic nitrogens is 1. The molecule has 2 amide bonds. The number of morpholine rings is 1. The Balaban J connectivity index is 1.35. The molecule has 158 valence electrons. The number of primary amides is 1. The Morgan fingerprint density at radius 1 is 0.903 bits per heavy atom. The van der Waals surface area contributed by atoms with Gasteiger partial charge in [0.15, 0.2) is 0 Å². The monoisotopic (exact) mass is 418 g/mol. The molecule has 1 saturated heterocycles. The summed E-state index contributed by atoms with van der Waals surface area (Å²) in [5.41, 5.74) is 6.76. The van der Waals surface area contributed by atoms with Crippen LogP contribution >= 0.6 is 0 Å². The van der Waals surface area contributed by atoms with Crippen LogP contribution in [0.2, 0.25) is 0 Å². The van der Waals surface area contributed by atoms with Crippen molar-refractivity contribution < 1.29 is 19.1 Å². The molecule has 3 aromatic rings. The molecule has 0 radical (unpaired) electrons. The summed E-state index contributed by atoms with van der Waals surface area (Å²) in [7, 11) is 0. The van der Waals surface area contributed by atoms with E-state index in [2.05, 4.69) is 15.2 Å². The maximum absolute atomic E-state index is 12.5. The highest BCUT2D eigenvalue weighted by atomic mass is 16.5. The van der Waals surface area contributed by atoms with Crippen LogP contribution in [0.15, 0.2) is 66.9 Å². The topological polar surface area (TPSA) is 107 Å². The fraction of sp³-hybridized carbons (Fsp3) is 0.174. The minimum atomic E-state index is -0.493. The van der Waals surface area contributed by atoms with Crippen molar-refractivity contribution >= 4 is 23.3 Å². The molecule has 4 rings (SSSR count). The molecule has 2 aromatic carbocycles. The van der Waals surface area contributed by atoms with Crippen LogP contribution in [-0.2, 0) is 4.74 Å². The summed E-state index contributed by atoms with van der Waals surface area (Å²) in [5.74, 6) is 1.27. The lowest BCUT2D eigenvalue weighted by Gasteiger charge is -2.27. The van der Waals surface area contributed by atoms with Crippen LogP contribution in [0.3, 0.4) is 0 Å². The van der Waals surface area contributed by atoms with Gasteiger partial charge >= 0.3 is 0 Å². The molecule has 0 aliphatic carbocycles. The summed E-state index contributed by atoms with van der Waals surface area (Å²) >= 11 is 0. The average Bonchev–Trinajstić information content (AvgIpc) is 2.81. The maximum atomic E-state index is 12.5. The van der Waals surface area contributed by atoms with Gasteiger partial charge in [-0.3, -0.25) is 9.59 Å². The first-order valence-corrected chi connectivity index (χ1v) is 9.86. The lowest BCUT2D eigenvalue weighted by molar-refractivity contribution is 0.0997. The fourth-order valence-corrected chi connectivity index (χ4v) is 3.14. The van der Waals surface area contributed by atoms with Gasteiger partial charge in [0.1, 0.15) is 17.3 Å².